The highest BCUT2D eigenvalue weighted by Gasteiger charge is 2.24. The molecule has 0 radical (unpaired) electrons. The van der Waals surface area contributed by atoms with Gasteiger partial charge in [-0.1, -0.05) is 6.07 Å². The lowest BCUT2D eigenvalue weighted by molar-refractivity contribution is -0.133. The average molecular weight is 318 g/mol. The van der Waals surface area contributed by atoms with Gasteiger partial charge < -0.3 is 9.64 Å². The van der Waals surface area contributed by atoms with E-state index < -0.39 is 0 Å². The number of nitrogens with zero attached hydrogens (tertiary/aromatic N) is 4. The number of carbonyl (C=O) groups is 1. The van der Waals surface area contributed by atoms with Crippen LogP contribution in [0.2, 0.25) is 0 Å². The van der Waals surface area contributed by atoms with Crippen molar-refractivity contribution in [3.8, 4) is 5.75 Å². The lowest BCUT2D eigenvalue weighted by Crippen LogP contribution is -2.41. The zero-order valence-corrected chi connectivity index (χ0v) is 12.8. The van der Waals surface area contributed by atoms with E-state index in [1.807, 2.05) is 9.58 Å². The van der Waals surface area contributed by atoms with Crippen LogP contribution in [0.4, 0.5) is 4.39 Å². The SMILES string of the molecule is O=C(CCOc1cccc(F)c1)N1CCC[C@H](n2cncn2)C1. The molecule has 0 spiro atoms. The molecule has 2 heterocycles. The monoisotopic (exact) mass is 318 g/mol. The average Bonchev–Trinajstić information content (AvgIpc) is 3.09. The number of aromatic nitrogens is 3. The summed E-state index contributed by atoms with van der Waals surface area (Å²) in [5.41, 5.74) is 0. The lowest BCUT2D eigenvalue weighted by atomic mass is 10.1. The maximum atomic E-state index is 13.1. The van der Waals surface area contributed by atoms with Crippen LogP contribution in [0.5, 0.6) is 5.75 Å². The van der Waals surface area contributed by atoms with Crippen LogP contribution in [0.15, 0.2) is 36.9 Å². The molecule has 1 aliphatic heterocycles. The second kappa shape index (κ2) is 7.21. The molecule has 1 saturated heterocycles. The molecule has 122 valence electrons. The number of rotatable bonds is 5. The largest absolute Gasteiger partial charge is 0.493 e. The van der Waals surface area contributed by atoms with Crippen LogP contribution in [0.25, 0.3) is 0 Å². The molecule has 2 aromatic rings. The molecule has 1 fully saturated rings. The van der Waals surface area contributed by atoms with Crippen molar-refractivity contribution in [2.75, 3.05) is 19.7 Å². The summed E-state index contributed by atoms with van der Waals surface area (Å²) < 4.78 is 20.3. The van der Waals surface area contributed by atoms with Crippen LogP contribution in [-0.2, 0) is 4.79 Å². The molecule has 0 bridgehead atoms. The van der Waals surface area contributed by atoms with E-state index in [4.69, 9.17) is 4.74 Å². The van der Waals surface area contributed by atoms with Crippen LogP contribution >= 0.6 is 0 Å². The van der Waals surface area contributed by atoms with Crippen molar-refractivity contribution >= 4 is 5.91 Å². The van der Waals surface area contributed by atoms with E-state index in [2.05, 4.69) is 10.1 Å². The molecule has 0 saturated carbocycles. The molecule has 1 aromatic heterocycles. The van der Waals surface area contributed by atoms with Gasteiger partial charge in [0.2, 0.25) is 5.91 Å². The Morgan fingerprint density at radius 1 is 1.43 bits per heavy atom. The molecule has 3 rings (SSSR count). The van der Waals surface area contributed by atoms with Gasteiger partial charge >= 0.3 is 0 Å². The highest BCUT2D eigenvalue weighted by Crippen LogP contribution is 2.21. The Hall–Kier alpha value is -2.44. The number of hydrogen-bond donors (Lipinski definition) is 0. The Morgan fingerprint density at radius 3 is 3.13 bits per heavy atom. The number of ether oxygens (including phenoxy) is 1. The number of piperidine rings is 1. The van der Waals surface area contributed by atoms with Gasteiger partial charge in [-0.25, -0.2) is 14.1 Å². The molecule has 7 heteroatoms. The summed E-state index contributed by atoms with van der Waals surface area (Å²) >= 11 is 0. The Bertz CT molecular complexity index is 647. The Labute approximate surface area is 133 Å². The number of hydrogen-bond acceptors (Lipinski definition) is 4. The molecule has 0 aliphatic carbocycles. The molecule has 1 atom stereocenters. The lowest BCUT2D eigenvalue weighted by Gasteiger charge is -2.32. The summed E-state index contributed by atoms with van der Waals surface area (Å²) in [7, 11) is 0. The van der Waals surface area contributed by atoms with E-state index in [1.54, 1.807) is 18.5 Å². The van der Waals surface area contributed by atoms with Crippen molar-refractivity contribution < 1.29 is 13.9 Å². The number of amides is 1. The van der Waals surface area contributed by atoms with Crippen LogP contribution in [-0.4, -0.2) is 45.3 Å². The fourth-order valence-corrected chi connectivity index (χ4v) is 2.77. The highest BCUT2D eigenvalue weighted by atomic mass is 19.1. The van der Waals surface area contributed by atoms with Gasteiger partial charge in [-0.3, -0.25) is 4.79 Å². The van der Waals surface area contributed by atoms with Gasteiger partial charge in [-0.15, -0.1) is 0 Å². The summed E-state index contributed by atoms with van der Waals surface area (Å²) in [5, 5.41) is 4.15. The summed E-state index contributed by atoms with van der Waals surface area (Å²) in [5.74, 6) is 0.142. The molecular weight excluding hydrogens is 299 g/mol. The van der Waals surface area contributed by atoms with Crippen LogP contribution in [0.3, 0.4) is 0 Å². The van der Waals surface area contributed by atoms with Gasteiger partial charge in [0.25, 0.3) is 0 Å². The van der Waals surface area contributed by atoms with Gasteiger partial charge in [0, 0.05) is 19.2 Å². The molecule has 23 heavy (non-hydrogen) atoms. The van der Waals surface area contributed by atoms with E-state index in [-0.39, 0.29) is 30.8 Å². The zero-order valence-electron chi connectivity index (χ0n) is 12.8. The maximum absolute atomic E-state index is 13.1. The smallest absolute Gasteiger partial charge is 0.226 e. The Kier molecular flexibility index (Phi) is 4.85. The van der Waals surface area contributed by atoms with Gasteiger partial charge in [-0.05, 0) is 25.0 Å². The summed E-state index contributed by atoms with van der Waals surface area (Å²) in [6, 6.07) is 6.11. The predicted octanol–water partition coefficient (Wildman–Crippen LogP) is 2.05. The first-order chi connectivity index (χ1) is 11.2. The van der Waals surface area contributed by atoms with Crippen molar-refractivity contribution in [3.05, 3.63) is 42.7 Å². The van der Waals surface area contributed by atoms with Gasteiger partial charge in [0.05, 0.1) is 19.1 Å². The van der Waals surface area contributed by atoms with E-state index in [9.17, 15) is 9.18 Å². The number of benzene rings is 1. The highest BCUT2D eigenvalue weighted by molar-refractivity contribution is 5.76. The Morgan fingerprint density at radius 2 is 2.35 bits per heavy atom. The normalized spacial score (nSPS) is 18.0. The number of likely N-dealkylation sites (tertiary alicyclic amines) is 1. The molecule has 1 amide bonds. The first kappa shape index (κ1) is 15.5. The van der Waals surface area contributed by atoms with E-state index >= 15 is 0 Å². The minimum absolute atomic E-state index is 0.0474. The second-order valence-electron chi connectivity index (χ2n) is 5.57. The Balaban J connectivity index is 1.48. The van der Waals surface area contributed by atoms with Crippen LogP contribution in [0.1, 0.15) is 25.3 Å². The first-order valence-electron chi connectivity index (χ1n) is 7.72. The zero-order chi connectivity index (χ0) is 16.1. The van der Waals surface area contributed by atoms with E-state index in [0.29, 0.717) is 12.3 Å². The van der Waals surface area contributed by atoms with E-state index in [0.717, 1.165) is 19.4 Å². The second-order valence-corrected chi connectivity index (χ2v) is 5.57. The minimum atomic E-state index is -0.347. The standard InChI is InChI=1S/C16H19FN4O2/c17-13-3-1-5-15(9-13)23-8-6-16(22)20-7-2-4-14(10-20)21-12-18-11-19-21/h1,3,5,9,11-12,14H,2,4,6-8,10H2/t14-/m0/s1. The molecular formula is C16H19FN4O2. The molecule has 6 nitrogen and oxygen atoms in total. The van der Waals surface area contributed by atoms with Gasteiger partial charge in [0.1, 0.15) is 24.2 Å². The molecule has 0 N–H and O–H groups in total. The van der Waals surface area contributed by atoms with Crippen molar-refractivity contribution in [2.24, 2.45) is 0 Å². The van der Waals surface area contributed by atoms with Crippen LogP contribution < -0.4 is 4.74 Å². The fourth-order valence-electron chi connectivity index (χ4n) is 2.77. The summed E-state index contributed by atoms with van der Waals surface area (Å²) in [6.07, 6.45) is 5.41. The molecule has 1 aromatic carbocycles. The van der Waals surface area contributed by atoms with Crippen molar-refractivity contribution in [3.63, 3.8) is 0 Å². The predicted molar refractivity (Wildman–Crippen MR) is 81.4 cm³/mol. The number of carbonyl (C=O) groups excluding carboxylic acids is 1. The third-order valence-electron chi connectivity index (χ3n) is 3.94. The maximum Gasteiger partial charge on any atom is 0.226 e. The number of halogens is 1. The van der Waals surface area contributed by atoms with E-state index in [1.165, 1.54) is 18.5 Å². The quantitative estimate of drug-likeness (QED) is 0.846. The molecule has 0 unspecified atom stereocenters. The summed E-state index contributed by atoms with van der Waals surface area (Å²) in [6.45, 7) is 1.64. The topological polar surface area (TPSA) is 60.2 Å². The van der Waals surface area contributed by atoms with Crippen molar-refractivity contribution in [2.45, 2.75) is 25.3 Å². The minimum Gasteiger partial charge on any atom is -0.493 e. The van der Waals surface area contributed by atoms with Gasteiger partial charge in [-0.2, -0.15) is 5.10 Å². The van der Waals surface area contributed by atoms with Crippen molar-refractivity contribution in [1.82, 2.24) is 19.7 Å². The summed E-state index contributed by atoms with van der Waals surface area (Å²) in [4.78, 5) is 18.1. The molecule has 1 aliphatic rings. The third-order valence-corrected chi connectivity index (χ3v) is 3.94. The third kappa shape index (κ3) is 4.06. The first-order valence-corrected chi connectivity index (χ1v) is 7.72. The van der Waals surface area contributed by atoms with Crippen molar-refractivity contribution in [1.29, 1.82) is 0 Å². The fraction of sp³-hybridized carbons (Fsp3) is 0.438. The van der Waals surface area contributed by atoms with Gasteiger partial charge in [0.15, 0.2) is 0 Å². The van der Waals surface area contributed by atoms with Crippen LogP contribution in [0, 0.1) is 5.82 Å².